The van der Waals surface area contributed by atoms with Crippen LogP contribution in [0, 0.1) is 0 Å². The smallest absolute Gasteiger partial charge is 0.368 e. The van der Waals surface area contributed by atoms with Crippen LogP contribution in [0.25, 0.3) is 0 Å². The summed E-state index contributed by atoms with van der Waals surface area (Å²) in [5, 5.41) is 0. The van der Waals surface area contributed by atoms with Crippen LogP contribution in [-0.2, 0) is 6.18 Å². The van der Waals surface area contributed by atoms with Crippen LogP contribution in [-0.4, -0.2) is 35.7 Å². The van der Waals surface area contributed by atoms with Gasteiger partial charge in [0.25, 0.3) is 5.56 Å². The second-order valence-electron chi connectivity index (χ2n) is 6.78. The average Bonchev–Trinajstić information content (AvgIpc) is 2.60. The summed E-state index contributed by atoms with van der Waals surface area (Å²) in [6, 6.07) is 6.38. The number of hydrogen-bond acceptors (Lipinski definition) is 4. The Kier molecular flexibility index (Phi) is 5.03. The maximum atomic E-state index is 12.9. The third-order valence-electron chi connectivity index (χ3n) is 4.63. The molecule has 27 heavy (non-hydrogen) atoms. The summed E-state index contributed by atoms with van der Waals surface area (Å²) in [6.07, 6.45) is -4.38. The number of aromatic amines is 1. The number of rotatable bonds is 3. The first-order valence-electron chi connectivity index (χ1n) is 8.70. The van der Waals surface area contributed by atoms with E-state index in [9.17, 15) is 22.8 Å². The maximum absolute atomic E-state index is 12.9. The Morgan fingerprint density at radius 2 is 1.63 bits per heavy atom. The van der Waals surface area contributed by atoms with Crippen molar-refractivity contribution in [1.29, 1.82) is 0 Å². The van der Waals surface area contributed by atoms with Gasteiger partial charge in [-0.15, -0.1) is 0 Å². The molecular weight excluding hydrogens is 361 g/mol. The Bertz CT molecular complexity index is 894. The zero-order valence-corrected chi connectivity index (χ0v) is 15.1. The minimum atomic E-state index is -4.38. The molecule has 9 heteroatoms. The fourth-order valence-electron chi connectivity index (χ4n) is 3.24. The lowest BCUT2D eigenvalue weighted by molar-refractivity contribution is -0.137. The molecule has 146 valence electrons. The van der Waals surface area contributed by atoms with E-state index < -0.39 is 17.4 Å². The van der Waals surface area contributed by atoms with Gasteiger partial charge in [-0.05, 0) is 32.0 Å². The number of alkyl halides is 3. The number of benzene rings is 1. The predicted octanol–water partition coefficient (Wildman–Crippen LogP) is 2.46. The van der Waals surface area contributed by atoms with E-state index in [4.69, 9.17) is 0 Å². The molecule has 1 aromatic heterocycles. The Balaban J connectivity index is 1.75. The van der Waals surface area contributed by atoms with Crippen molar-refractivity contribution in [2.24, 2.45) is 0 Å². The fourth-order valence-corrected chi connectivity index (χ4v) is 3.24. The first kappa shape index (κ1) is 19.1. The molecule has 0 unspecified atom stereocenters. The summed E-state index contributed by atoms with van der Waals surface area (Å²) >= 11 is 0. The molecule has 0 saturated carbocycles. The summed E-state index contributed by atoms with van der Waals surface area (Å²) in [6.45, 7) is 5.44. The molecule has 0 radical (unpaired) electrons. The lowest BCUT2D eigenvalue weighted by Crippen LogP contribution is -2.48. The molecule has 1 saturated heterocycles. The zero-order valence-electron chi connectivity index (χ0n) is 15.1. The Morgan fingerprint density at radius 1 is 1.00 bits per heavy atom. The SMILES string of the molecule is CC(C)n1c(=O)cc(N2CCN(c3cccc(C(F)(F)F)c3)CC2)[nH]c1=O. The number of H-pyrrole nitrogens is 1. The van der Waals surface area contributed by atoms with E-state index in [1.807, 2.05) is 9.80 Å². The molecule has 0 bridgehead atoms. The Morgan fingerprint density at radius 3 is 2.19 bits per heavy atom. The molecule has 1 aliphatic heterocycles. The van der Waals surface area contributed by atoms with Crippen molar-refractivity contribution in [3.05, 3.63) is 56.7 Å². The molecule has 0 aliphatic carbocycles. The van der Waals surface area contributed by atoms with E-state index in [2.05, 4.69) is 4.98 Å². The number of hydrogen-bond donors (Lipinski definition) is 1. The van der Waals surface area contributed by atoms with Gasteiger partial charge in [-0.3, -0.25) is 14.3 Å². The molecule has 0 amide bonds. The summed E-state index contributed by atoms with van der Waals surface area (Å²) < 4.78 is 39.8. The van der Waals surface area contributed by atoms with Gasteiger partial charge < -0.3 is 9.80 Å². The van der Waals surface area contributed by atoms with Gasteiger partial charge in [0.15, 0.2) is 0 Å². The highest BCUT2D eigenvalue weighted by molar-refractivity contribution is 5.51. The molecule has 1 aromatic carbocycles. The van der Waals surface area contributed by atoms with Crippen molar-refractivity contribution >= 4 is 11.5 Å². The van der Waals surface area contributed by atoms with Gasteiger partial charge in [-0.25, -0.2) is 4.79 Å². The summed E-state index contributed by atoms with van der Waals surface area (Å²) in [4.78, 5) is 30.7. The average molecular weight is 382 g/mol. The van der Waals surface area contributed by atoms with Crippen LogP contribution in [0.4, 0.5) is 24.7 Å². The minimum absolute atomic E-state index is 0.243. The van der Waals surface area contributed by atoms with Crippen LogP contribution in [0.15, 0.2) is 39.9 Å². The number of aromatic nitrogens is 2. The fraction of sp³-hybridized carbons (Fsp3) is 0.444. The van der Waals surface area contributed by atoms with Gasteiger partial charge >= 0.3 is 11.9 Å². The zero-order chi connectivity index (χ0) is 19.8. The third kappa shape index (κ3) is 4.01. The van der Waals surface area contributed by atoms with Crippen LogP contribution in [0.2, 0.25) is 0 Å². The van der Waals surface area contributed by atoms with Crippen molar-refractivity contribution < 1.29 is 13.2 Å². The largest absolute Gasteiger partial charge is 0.416 e. The van der Waals surface area contributed by atoms with Crippen LogP contribution in [0.5, 0.6) is 0 Å². The van der Waals surface area contributed by atoms with Crippen molar-refractivity contribution in [2.45, 2.75) is 26.1 Å². The van der Waals surface area contributed by atoms with E-state index in [0.29, 0.717) is 37.7 Å². The molecule has 1 aliphatic rings. The van der Waals surface area contributed by atoms with Gasteiger partial charge in [0.1, 0.15) is 5.82 Å². The minimum Gasteiger partial charge on any atom is -0.368 e. The number of nitrogens with zero attached hydrogens (tertiary/aromatic N) is 3. The predicted molar refractivity (Wildman–Crippen MR) is 97.6 cm³/mol. The Hall–Kier alpha value is -2.71. The van der Waals surface area contributed by atoms with Gasteiger partial charge in [0.2, 0.25) is 0 Å². The molecule has 0 atom stereocenters. The number of nitrogens with one attached hydrogen (secondary N) is 1. The van der Waals surface area contributed by atoms with Crippen LogP contribution < -0.4 is 21.0 Å². The Labute approximate surface area is 153 Å². The molecule has 2 heterocycles. The molecule has 0 spiro atoms. The highest BCUT2D eigenvalue weighted by Crippen LogP contribution is 2.32. The van der Waals surface area contributed by atoms with E-state index in [1.165, 1.54) is 12.1 Å². The van der Waals surface area contributed by atoms with Gasteiger partial charge in [-0.2, -0.15) is 13.2 Å². The van der Waals surface area contributed by atoms with Gasteiger partial charge in [0.05, 0.1) is 5.56 Å². The second-order valence-corrected chi connectivity index (χ2v) is 6.78. The lowest BCUT2D eigenvalue weighted by atomic mass is 10.1. The molecule has 1 N–H and O–H groups in total. The molecular formula is C18H21F3N4O2. The van der Waals surface area contributed by atoms with Crippen LogP contribution in [0.3, 0.4) is 0 Å². The van der Waals surface area contributed by atoms with Crippen LogP contribution >= 0.6 is 0 Å². The maximum Gasteiger partial charge on any atom is 0.416 e. The standard InChI is InChI=1S/C18H21F3N4O2/c1-12(2)25-16(26)11-15(22-17(25)27)24-8-6-23(7-9-24)14-5-3-4-13(10-14)18(19,20)21/h3-5,10-12H,6-9H2,1-2H3,(H,22,27). The quantitative estimate of drug-likeness (QED) is 0.886. The van der Waals surface area contributed by atoms with E-state index in [1.54, 1.807) is 19.9 Å². The topological polar surface area (TPSA) is 61.3 Å². The van der Waals surface area contributed by atoms with Crippen molar-refractivity contribution in [3.63, 3.8) is 0 Å². The number of piperazine rings is 1. The highest BCUT2D eigenvalue weighted by atomic mass is 19.4. The molecule has 2 aromatic rings. The summed E-state index contributed by atoms with van der Waals surface area (Å²) in [5.74, 6) is 0.436. The van der Waals surface area contributed by atoms with E-state index in [-0.39, 0.29) is 11.6 Å². The summed E-state index contributed by atoms with van der Waals surface area (Å²) in [7, 11) is 0. The second kappa shape index (κ2) is 7.13. The van der Waals surface area contributed by atoms with E-state index in [0.717, 1.165) is 16.7 Å². The first-order valence-corrected chi connectivity index (χ1v) is 8.70. The molecule has 6 nitrogen and oxygen atoms in total. The summed E-state index contributed by atoms with van der Waals surface area (Å²) in [5.41, 5.74) is -1.01. The van der Waals surface area contributed by atoms with Crippen molar-refractivity contribution in [3.8, 4) is 0 Å². The first-order chi connectivity index (χ1) is 12.7. The van der Waals surface area contributed by atoms with Gasteiger partial charge in [-0.1, -0.05) is 6.07 Å². The lowest BCUT2D eigenvalue weighted by Gasteiger charge is -2.37. The van der Waals surface area contributed by atoms with Crippen molar-refractivity contribution in [1.82, 2.24) is 9.55 Å². The van der Waals surface area contributed by atoms with Crippen molar-refractivity contribution in [2.75, 3.05) is 36.0 Å². The molecule has 1 fully saturated rings. The van der Waals surface area contributed by atoms with Gasteiger partial charge in [0, 0.05) is 44.0 Å². The van der Waals surface area contributed by atoms with E-state index >= 15 is 0 Å². The monoisotopic (exact) mass is 382 g/mol. The molecule has 3 rings (SSSR count). The number of halogens is 3. The third-order valence-corrected chi connectivity index (χ3v) is 4.63. The van der Waals surface area contributed by atoms with Crippen LogP contribution in [0.1, 0.15) is 25.5 Å². The number of anilines is 2. The highest BCUT2D eigenvalue weighted by Gasteiger charge is 2.31. The normalized spacial score (nSPS) is 15.5.